The molecule has 0 atom stereocenters. The van der Waals surface area contributed by atoms with Gasteiger partial charge in [0.25, 0.3) is 0 Å². The van der Waals surface area contributed by atoms with Gasteiger partial charge in [-0.2, -0.15) is 5.10 Å². The molecule has 2 amide bonds. The number of hydrogen-bond donors (Lipinski definition) is 2. The lowest BCUT2D eigenvalue weighted by molar-refractivity contribution is 0.251. The summed E-state index contributed by atoms with van der Waals surface area (Å²) in [6.45, 7) is 8.32. The van der Waals surface area contributed by atoms with E-state index in [4.69, 9.17) is 0 Å². The number of carbonyl (C=O) groups excluding carboxylic acids is 1. The molecule has 0 spiro atoms. The van der Waals surface area contributed by atoms with Crippen molar-refractivity contribution in [3.05, 3.63) is 35.5 Å². The highest BCUT2D eigenvalue weighted by atomic mass is 16.2. The molecule has 2 rings (SSSR count). The number of anilines is 1. The first kappa shape index (κ1) is 16.9. The van der Waals surface area contributed by atoms with Gasteiger partial charge in [-0.1, -0.05) is 13.8 Å². The van der Waals surface area contributed by atoms with Gasteiger partial charge in [0, 0.05) is 17.5 Å². The molecule has 124 valence electrons. The third-order valence-corrected chi connectivity index (χ3v) is 3.64. The lowest BCUT2D eigenvalue weighted by atomic mass is 10.2. The Bertz CT molecular complexity index is 642. The lowest BCUT2D eigenvalue weighted by Gasteiger charge is -2.17. The zero-order valence-electron chi connectivity index (χ0n) is 14.1. The highest BCUT2D eigenvalue weighted by Gasteiger charge is 2.13. The van der Waals surface area contributed by atoms with Crippen molar-refractivity contribution in [3.63, 3.8) is 0 Å². The number of aromatic nitrogens is 4. The maximum Gasteiger partial charge on any atom is 0.320 e. The van der Waals surface area contributed by atoms with Crippen LogP contribution < -0.4 is 10.6 Å². The van der Waals surface area contributed by atoms with E-state index in [1.165, 1.54) is 0 Å². The molecule has 0 fully saturated rings. The van der Waals surface area contributed by atoms with Crippen molar-refractivity contribution in [2.24, 2.45) is 0 Å². The summed E-state index contributed by atoms with van der Waals surface area (Å²) in [7, 11) is 0. The summed E-state index contributed by atoms with van der Waals surface area (Å²) in [5, 5.41) is 9.91. The number of carbonyl (C=O) groups is 1. The molecule has 7 heteroatoms. The highest BCUT2D eigenvalue weighted by molar-refractivity contribution is 5.88. The van der Waals surface area contributed by atoms with Crippen LogP contribution in [0.4, 0.5) is 10.6 Å². The summed E-state index contributed by atoms with van der Waals surface area (Å²) in [5.41, 5.74) is 1.78. The normalized spacial score (nSPS) is 10.8. The second-order valence-electron chi connectivity index (χ2n) is 5.51. The van der Waals surface area contributed by atoms with Crippen molar-refractivity contribution < 1.29 is 4.79 Å². The summed E-state index contributed by atoms with van der Waals surface area (Å²) in [6.07, 6.45) is 3.62. The number of urea groups is 1. The quantitative estimate of drug-likeness (QED) is 0.858. The summed E-state index contributed by atoms with van der Waals surface area (Å²) in [6, 6.07) is 3.69. The molecule has 2 aromatic rings. The standard InChI is InChI=1S/C16H24N6O/c1-5-13(6-2)22-15(7-8-18-22)21-16(23)17-10-14-19-11(3)9-12(4)20-14/h7-9,13H,5-6,10H2,1-4H3,(H2,17,21,23). The molecule has 0 saturated carbocycles. The van der Waals surface area contributed by atoms with E-state index >= 15 is 0 Å². The summed E-state index contributed by atoms with van der Waals surface area (Å²) in [5.74, 6) is 1.30. The van der Waals surface area contributed by atoms with Crippen molar-refractivity contribution in [2.45, 2.75) is 53.1 Å². The smallest absolute Gasteiger partial charge is 0.320 e. The third-order valence-electron chi connectivity index (χ3n) is 3.64. The van der Waals surface area contributed by atoms with E-state index in [0.717, 1.165) is 24.2 Å². The molecule has 2 aromatic heterocycles. The fourth-order valence-corrected chi connectivity index (χ4v) is 2.54. The van der Waals surface area contributed by atoms with Crippen LogP contribution in [0.15, 0.2) is 18.3 Å². The van der Waals surface area contributed by atoms with Gasteiger partial charge in [0.15, 0.2) is 0 Å². The molecular weight excluding hydrogens is 292 g/mol. The zero-order valence-corrected chi connectivity index (χ0v) is 14.1. The van der Waals surface area contributed by atoms with Crippen LogP contribution >= 0.6 is 0 Å². The second-order valence-corrected chi connectivity index (χ2v) is 5.51. The molecule has 0 aromatic carbocycles. The van der Waals surface area contributed by atoms with E-state index in [2.05, 4.69) is 39.5 Å². The highest BCUT2D eigenvalue weighted by Crippen LogP contribution is 2.19. The molecule has 0 saturated heterocycles. The Labute approximate surface area is 136 Å². The number of nitrogens with zero attached hydrogens (tertiary/aromatic N) is 4. The molecule has 0 unspecified atom stereocenters. The average Bonchev–Trinajstić information content (AvgIpc) is 2.94. The number of aryl methyl sites for hydroxylation is 2. The van der Waals surface area contributed by atoms with E-state index in [-0.39, 0.29) is 18.6 Å². The molecule has 0 aliphatic rings. The second kappa shape index (κ2) is 7.71. The fourth-order valence-electron chi connectivity index (χ4n) is 2.54. The Balaban J connectivity index is 1.96. The van der Waals surface area contributed by atoms with Crippen LogP contribution in [0.5, 0.6) is 0 Å². The minimum Gasteiger partial charge on any atom is -0.331 e. The van der Waals surface area contributed by atoms with Crippen LogP contribution in [0.2, 0.25) is 0 Å². The van der Waals surface area contributed by atoms with Crippen LogP contribution in [0.3, 0.4) is 0 Å². The molecule has 23 heavy (non-hydrogen) atoms. The van der Waals surface area contributed by atoms with Crippen molar-refractivity contribution in [1.82, 2.24) is 25.1 Å². The Morgan fingerprint density at radius 1 is 1.22 bits per heavy atom. The molecule has 0 aliphatic carbocycles. The van der Waals surface area contributed by atoms with Crippen molar-refractivity contribution in [3.8, 4) is 0 Å². The Morgan fingerprint density at radius 2 is 1.87 bits per heavy atom. The first-order chi connectivity index (χ1) is 11.0. The minimum atomic E-state index is -0.291. The van der Waals surface area contributed by atoms with Gasteiger partial charge in [-0.25, -0.2) is 19.4 Å². The van der Waals surface area contributed by atoms with E-state index in [0.29, 0.717) is 11.6 Å². The number of hydrogen-bond acceptors (Lipinski definition) is 4. The Kier molecular flexibility index (Phi) is 5.67. The SMILES string of the molecule is CCC(CC)n1nccc1NC(=O)NCc1nc(C)cc(C)n1. The number of rotatable bonds is 6. The zero-order chi connectivity index (χ0) is 16.8. The first-order valence-electron chi connectivity index (χ1n) is 7.93. The average molecular weight is 316 g/mol. The topological polar surface area (TPSA) is 84.7 Å². The maximum atomic E-state index is 12.1. The van der Waals surface area contributed by atoms with Gasteiger partial charge in [-0.05, 0) is 32.8 Å². The summed E-state index contributed by atoms with van der Waals surface area (Å²) < 4.78 is 1.85. The van der Waals surface area contributed by atoms with E-state index in [1.54, 1.807) is 12.3 Å². The van der Waals surface area contributed by atoms with Gasteiger partial charge in [0.2, 0.25) is 0 Å². The predicted octanol–water partition coefficient (Wildman–Crippen LogP) is 2.97. The minimum absolute atomic E-state index is 0.281. The third kappa shape index (κ3) is 4.51. The number of amides is 2. The van der Waals surface area contributed by atoms with Crippen LogP contribution in [0.1, 0.15) is 49.9 Å². The Morgan fingerprint density at radius 3 is 2.48 bits per heavy atom. The first-order valence-corrected chi connectivity index (χ1v) is 7.93. The molecule has 0 radical (unpaired) electrons. The monoisotopic (exact) mass is 316 g/mol. The van der Waals surface area contributed by atoms with E-state index in [9.17, 15) is 4.79 Å². The van der Waals surface area contributed by atoms with Gasteiger partial charge < -0.3 is 5.32 Å². The fraction of sp³-hybridized carbons (Fsp3) is 0.500. The van der Waals surface area contributed by atoms with Crippen molar-refractivity contribution in [2.75, 3.05) is 5.32 Å². The van der Waals surface area contributed by atoms with Gasteiger partial charge in [0.05, 0.1) is 18.8 Å². The van der Waals surface area contributed by atoms with Gasteiger partial charge in [-0.3, -0.25) is 5.32 Å². The van der Waals surface area contributed by atoms with E-state index < -0.39 is 0 Å². The van der Waals surface area contributed by atoms with Gasteiger partial charge in [0.1, 0.15) is 11.6 Å². The summed E-state index contributed by atoms with van der Waals surface area (Å²) >= 11 is 0. The van der Waals surface area contributed by atoms with Crippen LogP contribution in [-0.2, 0) is 6.54 Å². The van der Waals surface area contributed by atoms with Crippen LogP contribution in [0, 0.1) is 13.8 Å². The van der Waals surface area contributed by atoms with Gasteiger partial charge in [-0.15, -0.1) is 0 Å². The van der Waals surface area contributed by atoms with E-state index in [1.807, 2.05) is 24.6 Å². The molecule has 0 aliphatic heterocycles. The summed E-state index contributed by atoms with van der Waals surface area (Å²) in [4.78, 5) is 20.7. The number of nitrogens with one attached hydrogen (secondary N) is 2. The van der Waals surface area contributed by atoms with Gasteiger partial charge >= 0.3 is 6.03 Å². The molecular formula is C16H24N6O. The molecule has 0 bridgehead atoms. The van der Waals surface area contributed by atoms with Crippen LogP contribution in [0.25, 0.3) is 0 Å². The maximum absolute atomic E-state index is 12.1. The van der Waals surface area contributed by atoms with Crippen molar-refractivity contribution >= 4 is 11.8 Å². The van der Waals surface area contributed by atoms with Crippen LogP contribution in [-0.4, -0.2) is 25.8 Å². The molecule has 2 heterocycles. The molecule has 7 nitrogen and oxygen atoms in total. The largest absolute Gasteiger partial charge is 0.331 e. The Hall–Kier alpha value is -2.44. The van der Waals surface area contributed by atoms with Crippen molar-refractivity contribution in [1.29, 1.82) is 0 Å². The lowest BCUT2D eigenvalue weighted by Crippen LogP contribution is -2.30. The molecule has 2 N–H and O–H groups in total. The predicted molar refractivity (Wildman–Crippen MR) is 89.2 cm³/mol.